The van der Waals surface area contributed by atoms with Gasteiger partial charge in [-0.1, -0.05) is 109 Å². The van der Waals surface area contributed by atoms with Crippen molar-refractivity contribution in [3.8, 4) is 40.3 Å². The zero-order chi connectivity index (χ0) is 36.6. The first-order chi connectivity index (χ1) is 27.2. The molecule has 0 spiro atoms. The first-order valence-electron chi connectivity index (χ1n) is 18.3. The summed E-state index contributed by atoms with van der Waals surface area (Å²) in [6, 6.07) is 66.0. The molecule has 0 atom stereocenters. The lowest BCUT2D eigenvalue weighted by Crippen LogP contribution is -2.01. The molecule has 55 heavy (non-hydrogen) atoms. The normalized spacial score (nSPS) is 11.6. The van der Waals surface area contributed by atoms with Gasteiger partial charge in [-0.15, -0.1) is 0 Å². The molecule has 0 radical (unpaired) electrons. The summed E-state index contributed by atoms with van der Waals surface area (Å²) in [5, 5.41) is 27.5. The van der Waals surface area contributed by atoms with E-state index in [1.807, 2.05) is 36.4 Å². The van der Waals surface area contributed by atoms with Crippen LogP contribution >= 0.6 is 0 Å². The fourth-order valence-electron chi connectivity index (χ4n) is 8.81. The molecule has 0 aliphatic heterocycles. The smallest absolute Gasteiger partial charge is 0.101 e. The first kappa shape index (κ1) is 30.7. The predicted molar refractivity (Wildman–Crippen MR) is 224 cm³/mol. The summed E-state index contributed by atoms with van der Waals surface area (Å²) in [5.41, 5.74) is 12.3. The summed E-state index contributed by atoms with van der Waals surface area (Å²) >= 11 is 0. The first-order valence-corrected chi connectivity index (χ1v) is 18.3. The maximum atomic E-state index is 10.5. The molecule has 3 aromatic heterocycles. The lowest BCUT2D eigenvalue weighted by Gasteiger charge is -2.17. The lowest BCUT2D eigenvalue weighted by molar-refractivity contribution is 1.16. The Kier molecular flexibility index (Phi) is 6.61. The van der Waals surface area contributed by atoms with E-state index in [-0.39, 0.29) is 0 Å². The van der Waals surface area contributed by atoms with Gasteiger partial charge in [0.1, 0.15) is 12.1 Å². The van der Waals surface area contributed by atoms with Crippen LogP contribution in [0.2, 0.25) is 0 Å². The Balaban J connectivity index is 1.15. The average molecular weight is 700 g/mol. The van der Waals surface area contributed by atoms with Crippen LogP contribution in [-0.2, 0) is 0 Å². The molecule has 3 heterocycles. The van der Waals surface area contributed by atoms with Crippen molar-refractivity contribution in [3.63, 3.8) is 0 Å². The Labute approximate surface area is 316 Å². The van der Waals surface area contributed by atoms with E-state index in [0.29, 0.717) is 11.1 Å². The van der Waals surface area contributed by atoms with E-state index in [9.17, 15) is 10.5 Å². The summed E-state index contributed by atoms with van der Waals surface area (Å²) in [4.78, 5) is 0. The van der Waals surface area contributed by atoms with Crippen molar-refractivity contribution in [2.24, 2.45) is 0 Å². The van der Waals surface area contributed by atoms with Crippen LogP contribution in [0.3, 0.4) is 0 Å². The summed E-state index contributed by atoms with van der Waals surface area (Å²) in [6.07, 6.45) is 0. The third-order valence-electron chi connectivity index (χ3n) is 11.1. The number of para-hydroxylation sites is 6. The molecular formula is C50H29N5. The van der Waals surface area contributed by atoms with Crippen LogP contribution in [-0.4, -0.2) is 13.7 Å². The molecule has 0 unspecified atom stereocenters. The number of aromatic nitrogens is 3. The van der Waals surface area contributed by atoms with E-state index in [1.54, 1.807) is 0 Å². The van der Waals surface area contributed by atoms with Gasteiger partial charge < -0.3 is 13.7 Å². The fourth-order valence-corrected chi connectivity index (χ4v) is 8.81. The molecular weight excluding hydrogens is 671 g/mol. The second-order valence-corrected chi connectivity index (χ2v) is 14.0. The standard InChI is InChI=1S/C50H29N5/c51-30-33-25-24-32(28-49(33)55-47-23-10-4-16-39(47)41-18-11-12-34(31-52)50(41)55)36-13-1-6-19-43(36)54-46-22-9-5-17-40(46)42-29-35(26-27-48(42)54)53-44-20-7-2-14-37(44)38-15-3-8-21-45(38)53/h1-29H. The van der Waals surface area contributed by atoms with E-state index < -0.39 is 0 Å². The molecule has 0 bridgehead atoms. The monoisotopic (exact) mass is 699 g/mol. The molecule has 0 saturated heterocycles. The van der Waals surface area contributed by atoms with Gasteiger partial charge in [-0.2, -0.15) is 10.5 Å². The van der Waals surface area contributed by atoms with Crippen LogP contribution in [0.25, 0.3) is 93.6 Å². The number of nitriles is 2. The van der Waals surface area contributed by atoms with Crippen molar-refractivity contribution < 1.29 is 0 Å². The predicted octanol–water partition coefficient (Wildman–Crippen LogP) is 12.4. The highest BCUT2D eigenvalue weighted by Gasteiger charge is 2.21. The van der Waals surface area contributed by atoms with Crippen LogP contribution in [0.4, 0.5) is 0 Å². The topological polar surface area (TPSA) is 62.4 Å². The third kappa shape index (κ3) is 4.39. The van der Waals surface area contributed by atoms with E-state index in [2.05, 4.69) is 165 Å². The summed E-state index contributed by atoms with van der Waals surface area (Å²) in [7, 11) is 0. The van der Waals surface area contributed by atoms with Crippen molar-refractivity contribution in [1.29, 1.82) is 10.5 Å². The Bertz CT molecular complexity index is 3420. The number of nitrogens with zero attached hydrogens (tertiary/aromatic N) is 5. The molecule has 0 amide bonds. The van der Waals surface area contributed by atoms with E-state index in [4.69, 9.17) is 0 Å². The van der Waals surface area contributed by atoms with Gasteiger partial charge in [0.25, 0.3) is 0 Å². The zero-order valence-electron chi connectivity index (χ0n) is 29.5. The Morgan fingerprint density at radius 3 is 1.55 bits per heavy atom. The van der Waals surface area contributed by atoms with Crippen LogP contribution in [0, 0.1) is 22.7 Å². The molecule has 0 aliphatic rings. The van der Waals surface area contributed by atoms with E-state index >= 15 is 0 Å². The Hall–Kier alpha value is -7.86. The fraction of sp³-hybridized carbons (Fsp3) is 0. The number of benzene rings is 8. The van der Waals surface area contributed by atoms with Gasteiger partial charge in [0.05, 0.1) is 55.6 Å². The minimum atomic E-state index is 0.533. The molecule has 0 fully saturated rings. The molecule has 11 aromatic rings. The summed E-state index contributed by atoms with van der Waals surface area (Å²) in [5.74, 6) is 0. The molecule has 5 nitrogen and oxygen atoms in total. The van der Waals surface area contributed by atoms with Crippen molar-refractivity contribution in [2.75, 3.05) is 0 Å². The van der Waals surface area contributed by atoms with Crippen LogP contribution in [0.5, 0.6) is 0 Å². The minimum absolute atomic E-state index is 0.533. The quantitative estimate of drug-likeness (QED) is 0.184. The largest absolute Gasteiger partial charge is 0.309 e. The molecule has 254 valence electrons. The number of fused-ring (bicyclic) bond motifs is 9. The van der Waals surface area contributed by atoms with Gasteiger partial charge >= 0.3 is 0 Å². The lowest BCUT2D eigenvalue weighted by atomic mass is 10.00. The van der Waals surface area contributed by atoms with E-state index in [0.717, 1.165) is 61.0 Å². The molecule has 11 rings (SSSR count). The van der Waals surface area contributed by atoms with Crippen molar-refractivity contribution in [3.05, 3.63) is 187 Å². The second kappa shape index (κ2) is 11.8. The van der Waals surface area contributed by atoms with Crippen molar-refractivity contribution in [1.82, 2.24) is 13.7 Å². The summed E-state index contributed by atoms with van der Waals surface area (Å²) < 4.78 is 6.82. The maximum absolute atomic E-state index is 10.5. The molecule has 0 N–H and O–H groups in total. The van der Waals surface area contributed by atoms with E-state index in [1.165, 1.54) is 32.6 Å². The van der Waals surface area contributed by atoms with Gasteiger partial charge in [-0.05, 0) is 72.3 Å². The summed E-state index contributed by atoms with van der Waals surface area (Å²) in [6.45, 7) is 0. The van der Waals surface area contributed by atoms with Crippen molar-refractivity contribution >= 4 is 65.4 Å². The SMILES string of the molecule is N#Cc1ccc(-c2ccccc2-n2c3ccccc3c3cc(-n4c5ccccc5c5ccccc54)ccc32)cc1-n1c2ccccc2c2cccc(C#N)c21. The van der Waals surface area contributed by atoms with Gasteiger partial charge in [-0.3, -0.25) is 0 Å². The highest BCUT2D eigenvalue weighted by atomic mass is 15.0. The number of rotatable bonds is 4. The zero-order valence-corrected chi connectivity index (χ0v) is 29.5. The maximum Gasteiger partial charge on any atom is 0.101 e. The van der Waals surface area contributed by atoms with Crippen LogP contribution in [0.15, 0.2) is 176 Å². The molecule has 0 aliphatic carbocycles. The van der Waals surface area contributed by atoms with Crippen LogP contribution < -0.4 is 0 Å². The Morgan fingerprint density at radius 1 is 0.345 bits per heavy atom. The minimum Gasteiger partial charge on any atom is -0.309 e. The van der Waals surface area contributed by atoms with Crippen LogP contribution in [0.1, 0.15) is 11.1 Å². The van der Waals surface area contributed by atoms with Gasteiger partial charge in [0, 0.05) is 43.6 Å². The van der Waals surface area contributed by atoms with Crippen molar-refractivity contribution in [2.45, 2.75) is 0 Å². The highest BCUT2D eigenvalue weighted by molar-refractivity contribution is 6.13. The van der Waals surface area contributed by atoms with Gasteiger partial charge in [0.2, 0.25) is 0 Å². The second-order valence-electron chi connectivity index (χ2n) is 14.0. The number of hydrogen-bond acceptors (Lipinski definition) is 2. The van der Waals surface area contributed by atoms with Gasteiger partial charge in [-0.25, -0.2) is 0 Å². The molecule has 5 heteroatoms. The average Bonchev–Trinajstić information content (AvgIpc) is 3.89. The van der Waals surface area contributed by atoms with Gasteiger partial charge in [0.15, 0.2) is 0 Å². The molecule has 8 aromatic carbocycles. The Morgan fingerprint density at radius 2 is 0.873 bits per heavy atom. The highest BCUT2D eigenvalue weighted by Crippen LogP contribution is 2.41. The molecule has 0 saturated carbocycles. The third-order valence-corrected chi connectivity index (χ3v) is 11.1. The number of hydrogen-bond donors (Lipinski definition) is 0.